The average Bonchev–Trinajstić information content (AvgIpc) is 2.21. The third-order valence-electron chi connectivity index (χ3n) is 2.67. The minimum Gasteiger partial charge on any atom is -0.377 e. The lowest BCUT2D eigenvalue weighted by Crippen LogP contribution is -2.30. The summed E-state index contributed by atoms with van der Waals surface area (Å²) in [6.07, 6.45) is 9.28. The molecule has 0 saturated heterocycles. The molecule has 0 aromatic carbocycles. The van der Waals surface area contributed by atoms with Gasteiger partial charge in [0.25, 0.3) is 0 Å². The number of hydrogen-bond donors (Lipinski definition) is 2. The Morgan fingerprint density at radius 2 is 1.40 bits per heavy atom. The Hall–Kier alpha value is -0.120. The molecule has 3 heteroatoms. The standard InChI is InChI=1S/C12H27NO2/c1-3-4-5-6-7-8-9-10-11-13(15)12(2)14/h12,14-15H,3-11H2,1-2H3. The van der Waals surface area contributed by atoms with Gasteiger partial charge in [-0.3, -0.25) is 0 Å². The molecule has 0 aromatic rings. The van der Waals surface area contributed by atoms with Crippen molar-refractivity contribution in [2.24, 2.45) is 0 Å². The van der Waals surface area contributed by atoms with Crippen LogP contribution in [0.15, 0.2) is 0 Å². The zero-order valence-corrected chi connectivity index (χ0v) is 10.3. The zero-order chi connectivity index (χ0) is 11.5. The van der Waals surface area contributed by atoms with Gasteiger partial charge in [-0.25, -0.2) is 0 Å². The summed E-state index contributed by atoms with van der Waals surface area (Å²) in [6.45, 7) is 4.38. The van der Waals surface area contributed by atoms with E-state index in [9.17, 15) is 5.21 Å². The Kier molecular flexibility index (Phi) is 10.3. The van der Waals surface area contributed by atoms with E-state index in [1.165, 1.54) is 38.5 Å². The van der Waals surface area contributed by atoms with Gasteiger partial charge in [-0.1, -0.05) is 51.9 Å². The molecule has 0 aliphatic heterocycles. The van der Waals surface area contributed by atoms with Gasteiger partial charge in [0, 0.05) is 6.54 Å². The van der Waals surface area contributed by atoms with Crippen molar-refractivity contribution in [3.63, 3.8) is 0 Å². The van der Waals surface area contributed by atoms with Crippen molar-refractivity contribution in [1.29, 1.82) is 0 Å². The normalized spacial score (nSPS) is 13.4. The second-order valence-electron chi connectivity index (χ2n) is 4.27. The van der Waals surface area contributed by atoms with Gasteiger partial charge in [0.15, 0.2) is 0 Å². The summed E-state index contributed by atoms with van der Waals surface area (Å²) in [5.74, 6) is 0. The second-order valence-corrected chi connectivity index (χ2v) is 4.27. The van der Waals surface area contributed by atoms with Crippen molar-refractivity contribution >= 4 is 0 Å². The van der Waals surface area contributed by atoms with Crippen LogP contribution in [0.4, 0.5) is 0 Å². The molecule has 2 N–H and O–H groups in total. The van der Waals surface area contributed by atoms with Crippen molar-refractivity contribution < 1.29 is 10.3 Å². The second kappa shape index (κ2) is 10.4. The minimum absolute atomic E-state index is 0.576. The van der Waals surface area contributed by atoms with Gasteiger partial charge in [0.05, 0.1) is 0 Å². The van der Waals surface area contributed by atoms with E-state index in [2.05, 4.69) is 6.92 Å². The lowest BCUT2D eigenvalue weighted by atomic mass is 10.1. The van der Waals surface area contributed by atoms with Gasteiger partial charge in [-0.05, 0) is 13.3 Å². The summed E-state index contributed by atoms with van der Waals surface area (Å²) in [4.78, 5) is 0. The molecule has 15 heavy (non-hydrogen) atoms. The van der Waals surface area contributed by atoms with Gasteiger partial charge in [0.1, 0.15) is 6.23 Å². The largest absolute Gasteiger partial charge is 0.377 e. The van der Waals surface area contributed by atoms with E-state index in [0.717, 1.165) is 17.9 Å². The van der Waals surface area contributed by atoms with Crippen LogP contribution in [0.1, 0.15) is 65.2 Å². The Morgan fingerprint density at radius 3 is 1.87 bits per heavy atom. The SMILES string of the molecule is CCCCCCCCCCN(O)C(C)O. The fraction of sp³-hybridized carbons (Fsp3) is 1.00. The van der Waals surface area contributed by atoms with E-state index in [4.69, 9.17) is 5.11 Å². The Balaban J connectivity index is 3.05. The smallest absolute Gasteiger partial charge is 0.126 e. The van der Waals surface area contributed by atoms with Crippen LogP contribution < -0.4 is 0 Å². The maximum Gasteiger partial charge on any atom is 0.126 e. The molecule has 0 fully saturated rings. The summed E-state index contributed by atoms with van der Waals surface area (Å²) in [6, 6.07) is 0. The number of unbranched alkanes of at least 4 members (excludes halogenated alkanes) is 7. The maximum atomic E-state index is 9.18. The summed E-state index contributed by atoms with van der Waals surface area (Å²) in [5, 5.41) is 19.2. The molecule has 3 nitrogen and oxygen atoms in total. The van der Waals surface area contributed by atoms with Crippen LogP contribution in [0.5, 0.6) is 0 Å². The fourth-order valence-corrected chi connectivity index (χ4v) is 1.59. The molecule has 0 spiro atoms. The highest BCUT2D eigenvalue weighted by Gasteiger charge is 2.05. The van der Waals surface area contributed by atoms with Crippen molar-refractivity contribution in [2.45, 2.75) is 71.4 Å². The molecule has 0 amide bonds. The number of hydroxylamine groups is 2. The quantitative estimate of drug-likeness (QED) is 0.335. The molecule has 1 unspecified atom stereocenters. The Labute approximate surface area is 94.1 Å². The van der Waals surface area contributed by atoms with Gasteiger partial charge in [-0.2, -0.15) is 5.06 Å². The van der Waals surface area contributed by atoms with Gasteiger partial charge in [-0.15, -0.1) is 0 Å². The first-order chi connectivity index (χ1) is 7.18. The van der Waals surface area contributed by atoms with Crippen molar-refractivity contribution in [3.05, 3.63) is 0 Å². The molecule has 0 aromatic heterocycles. The molecule has 0 radical (unpaired) electrons. The van der Waals surface area contributed by atoms with Gasteiger partial charge >= 0.3 is 0 Å². The van der Waals surface area contributed by atoms with E-state index >= 15 is 0 Å². The first kappa shape index (κ1) is 14.9. The molecular formula is C12H27NO2. The van der Waals surface area contributed by atoms with Crippen molar-refractivity contribution in [3.8, 4) is 0 Å². The first-order valence-corrected chi connectivity index (χ1v) is 6.32. The van der Waals surface area contributed by atoms with Crippen molar-refractivity contribution in [1.82, 2.24) is 5.06 Å². The summed E-state index contributed by atoms with van der Waals surface area (Å²) in [7, 11) is 0. The third-order valence-corrected chi connectivity index (χ3v) is 2.67. The third kappa shape index (κ3) is 10.2. The number of aliphatic hydroxyl groups is 1. The summed E-state index contributed by atoms with van der Waals surface area (Å²) in [5.41, 5.74) is 0. The van der Waals surface area contributed by atoms with Crippen LogP contribution in [-0.4, -0.2) is 28.1 Å². The molecule has 0 saturated carbocycles. The van der Waals surface area contributed by atoms with Crippen LogP contribution in [-0.2, 0) is 0 Å². The Bertz CT molecular complexity index is 129. The van der Waals surface area contributed by atoms with E-state index in [0.29, 0.717) is 6.54 Å². The van der Waals surface area contributed by atoms with Crippen LogP contribution in [0.25, 0.3) is 0 Å². The van der Waals surface area contributed by atoms with Crippen LogP contribution in [0.3, 0.4) is 0 Å². The summed E-state index contributed by atoms with van der Waals surface area (Å²) >= 11 is 0. The van der Waals surface area contributed by atoms with E-state index < -0.39 is 6.23 Å². The first-order valence-electron chi connectivity index (χ1n) is 6.32. The Morgan fingerprint density at radius 1 is 0.933 bits per heavy atom. The highest BCUT2D eigenvalue weighted by atomic mass is 16.5. The number of rotatable bonds is 10. The minimum atomic E-state index is -0.741. The maximum absolute atomic E-state index is 9.18. The van der Waals surface area contributed by atoms with Crippen LogP contribution >= 0.6 is 0 Å². The molecule has 92 valence electrons. The van der Waals surface area contributed by atoms with Crippen LogP contribution in [0, 0.1) is 0 Å². The fourth-order valence-electron chi connectivity index (χ4n) is 1.59. The van der Waals surface area contributed by atoms with Crippen LogP contribution in [0.2, 0.25) is 0 Å². The van der Waals surface area contributed by atoms with Gasteiger partial charge < -0.3 is 10.3 Å². The molecule has 0 aliphatic carbocycles. The lowest BCUT2D eigenvalue weighted by Gasteiger charge is -2.16. The lowest BCUT2D eigenvalue weighted by molar-refractivity contribution is -0.188. The molecule has 0 heterocycles. The van der Waals surface area contributed by atoms with E-state index in [1.54, 1.807) is 6.92 Å². The molecule has 0 bridgehead atoms. The summed E-state index contributed by atoms with van der Waals surface area (Å²) < 4.78 is 0. The highest BCUT2D eigenvalue weighted by molar-refractivity contribution is 4.49. The number of hydrogen-bond acceptors (Lipinski definition) is 3. The number of aliphatic hydroxyl groups excluding tert-OH is 1. The predicted molar refractivity (Wildman–Crippen MR) is 62.8 cm³/mol. The molecular weight excluding hydrogens is 190 g/mol. The topological polar surface area (TPSA) is 43.7 Å². The molecule has 1 atom stereocenters. The average molecular weight is 217 g/mol. The van der Waals surface area contributed by atoms with E-state index in [-0.39, 0.29) is 0 Å². The van der Waals surface area contributed by atoms with Gasteiger partial charge in [0.2, 0.25) is 0 Å². The van der Waals surface area contributed by atoms with Crippen molar-refractivity contribution in [2.75, 3.05) is 6.54 Å². The molecule has 0 aliphatic rings. The number of nitrogens with zero attached hydrogens (tertiary/aromatic N) is 1. The zero-order valence-electron chi connectivity index (χ0n) is 10.3. The van der Waals surface area contributed by atoms with E-state index in [1.807, 2.05) is 0 Å². The predicted octanol–water partition coefficient (Wildman–Crippen LogP) is 3.16. The monoisotopic (exact) mass is 217 g/mol. The molecule has 0 rings (SSSR count). The highest BCUT2D eigenvalue weighted by Crippen LogP contribution is 2.08.